The highest BCUT2D eigenvalue weighted by atomic mass is 127. The van der Waals surface area contributed by atoms with Crippen molar-refractivity contribution in [3.63, 3.8) is 0 Å². The van der Waals surface area contributed by atoms with Gasteiger partial charge in [-0.15, -0.1) is 0 Å². The van der Waals surface area contributed by atoms with Crippen LogP contribution in [-0.2, 0) is 0 Å². The molecule has 0 unspecified atom stereocenters. The maximum absolute atomic E-state index is 12.5. The number of amides is 1. The number of nitrogens with zero attached hydrogens (tertiary/aromatic N) is 1. The van der Waals surface area contributed by atoms with E-state index in [1.54, 1.807) is 24.3 Å². The number of nitrogens with one attached hydrogen (secondary N) is 2. The number of hydrogen-bond acceptors (Lipinski definition) is 5. The van der Waals surface area contributed by atoms with Crippen molar-refractivity contribution in [1.29, 1.82) is 0 Å². The number of carbonyl (C=O) groups is 1. The minimum absolute atomic E-state index is 0.173. The molecule has 0 bridgehead atoms. The summed E-state index contributed by atoms with van der Waals surface area (Å²) in [5.74, 6) is 0.672. The van der Waals surface area contributed by atoms with Gasteiger partial charge in [-0.05, 0) is 83.3 Å². The number of carbonyl (C=O) groups excluding carboxylic acids is 1. The normalized spacial score (nSPS) is 10.6. The number of methoxy groups -OCH3 is 1. The molecule has 0 aliphatic carbocycles. The largest absolute Gasteiger partial charge is 0.496 e. The highest BCUT2D eigenvalue weighted by Gasteiger charge is 2.14. The van der Waals surface area contributed by atoms with Crippen molar-refractivity contribution < 1.29 is 13.9 Å². The molecule has 1 heterocycles. The standard InChI is InChI=1S/C22H16IN3O3S/c1-28-18-8-3-2-7-16(18)20(27)26-22(30)24-15-9-10-19-17(12-15)25-21(29-19)13-5-4-6-14(23)11-13/h2-12H,1H3,(H2,24,26,27,30). The molecule has 0 aliphatic rings. The van der Waals surface area contributed by atoms with Crippen LogP contribution in [0.25, 0.3) is 22.6 Å². The van der Waals surface area contributed by atoms with Crippen molar-refractivity contribution in [3.8, 4) is 17.2 Å². The van der Waals surface area contributed by atoms with Crippen LogP contribution in [0.2, 0.25) is 0 Å². The van der Waals surface area contributed by atoms with Crippen LogP contribution < -0.4 is 15.4 Å². The van der Waals surface area contributed by atoms with Gasteiger partial charge >= 0.3 is 0 Å². The fourth-order valence-corrected chi connectivity index (χ4v) is 3.67. The Balaban J connectivity index is 1.49. The van der Waals surface area contributed by atoms with E-state index in [0.29, 0.717) is 34.0 Å². The number of aromatic nitrogens is 1. The number of benzene rings is 3. The van der Waals surface area contributed by atoms with E-state index in [2.05, 4.69) is 38.2 Å². The second-order valence-electron chi connectivity index (χ2n) is 6.32. The third-order valence-corrected chi connectivity index (χ3v) is 5.17. The first kappa shape index (κ1) is 20.3. The lowest BCUT2D eigenvalue weighted by Gasteiger charge is -2.11. The SMILES string of the molecule is COc1ccccc1C(=O)NC(=S)Nc1ccc2oc(-c3cccc(I)c3)nc2c1. The second-order valence-corrected chi connectivity index (χ2v) is 7.97. The molecule has 2 N–H and O–H groups in total. The highest BCUT2D eigenvalue weighted by molar-refractivity contribution is 14.1. The summed E-state index contributed by atoms with van der Waals surface area (Å²) in [7, 11) is 1.51. The molecule has 0 saturated heterocycles. The fourth-order valence-electron chi connectivity index (χ4n) is 2.92. The van der Waals surface area contributed by atoms with Crippen LogP contribution in [0.1, 0.15) is 10.4 Å². The average molecular weight is 529 g/mol. The molecule has 1 aromatic heterocycles. The molecule has 0 atom stereocenters. The van der Waals surface area contributed by atoms with Crippen molar-refractivity contribution >= 4 is 62.6 Å². The number of halogens is 1. The van der Waals surface area contributed by atoms with Gasteiger partial charge in [-0.1, -0.05) is 18.2 Å². The topological polar surface area (TPSA) is 76.4 Å². The van der Waals surface area contributed by atoms with E-state index in [-0.39, 0.29) is 11.0 Å². The van der Waals surface area contributed by atoms with Crippen LogP contribution in [0.3, 0.4) is 0 Å². The summed E-state index contributed by atoms with van der Waals surface area (Å²) in [4.78, 5) is 17.0. The summed E-state index contributed by atoms with van der Waals surface area (Å²) >= 11 is 7.53. The third kappa shape index (κ3) is 4.44. The molecule has 4 aromatic rings. The number of thiocarbonyl (C=S) groups is 1. The lowest BCUT2D eigenvalue weighted by atomic mass is 10.2. The van der Waals surface area contributed by atoms with E-state index < -0.39 is 0 Å². The maximum Gasteiger partial charge on any atom is 0.261 e. The minimum atomic E-state index is -0.353. The summed E-state index contributed by atoms with van der Waals surface area (Å²) in [6, 6.07) is 20.3. The molecular weight excluding hydrogens is 513 g/mol. The quantitative estimate of drug-likeness (QED) is 0.279. The Labute approximate surface area is 191 Å². The van der Waals surface area contributed by atoms with E-state index >= 15 is 0 Å². The maximum atomic E-state index is 12.5. The number of rotatable bonds is 4. The van der Waals surface area contributed by atoms with Gasteiger partial charge in [-0.25, -0.2) is 4.98 Å². The number of ether oxygens (including phenoxy) is 1. The van der Waals surface area contributed by atoms with Gasteiger partial charge in [0.15, 0.2) is 10.7 Å². The summed E-state index contributed by atoms with van der Waals surface area (Å²) < 4.78 is 12.2. The first-order valence-electron chi connectivity index (χ1n) is 8.95. The van der Waals surface area contributed by atoms with E-state index in [9.17, 15) is 4.79 Å². The first-order valence-corrected chi connectivity index (χ1v) is 10.4. The second kappa shape index (κ2) is 8.80. The summed E-state index contributed by atoms with van der Waals surface area (Å²) in [6.07, 6.45) is 0. The lowest BCUT2D eigenvalue weighted by Crippen LogP contribution is -2.34. The number of anilines is 1. The van der Waals surface area contributed by atoms with Gasteiger partial charge in [-0.2, -0.15) is 0 Å². The zero-order valence-electron chi connectivity index (χ0n) is 15.8. The molecule has 4 rings (SSSR count). The van der Waals surface area contributed by atoms with Crippen LogP contribution in [0.4, 0.5) is 5.69 Å². The highest BCUT2D eigenvalue weighted by Crippen LogP contribution is 2.27. The molecule has 0 spiro atoms. The molecule has 150 valence electrons. The third-order valence-electron chi connectivity index (χ3n) is 4.30. The zero-order valence-corrected chi connectivity index (χ0v) is 18.8. The minimum Gasteiger partial charge on any atom is -0.496 e. The Morgan fingerprint density at radius 3 is 2.73 bits per heavy atom. The average Bonchev–Trinajstić information content (AvgIpc) is 3.17. The number of para-hydroxylation sites is 1. The van der Waals surface area contributed by atoms with Crippen molar-refractivity contribution in [1.82, 2.24) is 10.3 Å². The van der Waals surface area contributed by atoms with Crippen molar-refractivity contribution in [3.05, 3.63) is 75.9 Å². The predicted octanol–water partition coefficient (Wildman–Crippen LogP) is 5.23. The lowest BCUT2D eigenvalue weighted by molar-refractivity contribution is 0.0975. The first-order chi connectivity index (χ1) is 14.5. The van der Waals surface area contributed by atoms with E-state index in [1.165, 1.54) is 7.11 Å². The Kier molecular flexibility index (Phi) is 5.96. The van der Waals surface area contributed by atoms with Crippen molar-refractivity contribution in [2.24, 2.45) is 0 Å². The van der Waals surface area contributed by atoms with Gasteiger partial charge < -0.3 is 14.5 Å². The van der Waals surface area contributed by atoms with Crippen molar-refractivity contribution in [2.45, 2.75) is 0 Å². The Bertz CT molecular complexity index is 1260. The van der Waals surface area contributed by atoms with Crippen LogP contribution in [0, 0.1) is 3.57 Å². The van der Waals surface area contributed by atoms with Gasteiger partial charge in [0.2, 0.25) is 5.89 Å². The predicted molar refractivity (Wildman–Crippen MR) is 129 cm³/mol. The van der Waals surface area contributed by atoms with Gasteiger partial charge in [0, 0.05) is 14.8 Å². The number of oxazole rings is 1. The smallest absolute Gasteiger partial charge is 0.261 e. The van der Waals surface area contributed by atoms with Crippen molar-refractivity contribution in [2.75, 3.05) is 12.4 Å². The van der Waals surface area contributed by atoms with E-state index in [4.69, 9.17) is 21.4 Å². The molecule has 1 amide bonds. The zero-order chi connectivity index (χ0) is 21.1. The van der Waals surface area contributed by atoms with Crippen LogP contribution >= 0.6 is 34.8 Å². The Hall–Kier alpha value is -2.98. The summed E-state index contributed by atoms with van der Waals surface area (Å²) in [6.45, 7) is 0. The Morgan fingerprint density at radius 2 is 1.93 bits per heavy atom. The Morgan fingerprint density at radius 1 is 1.10 bits per heavy atom. The molecule has 3 aromatic carbocycles. The molecular formula is C22H16IN3O3S. The molecule has 0 saturated carbocycles. The molecule has 6 nitrogen and oxygen atoms in total. The molecule has 30 heavy (non-hydrogen) atoms. The number of fused-ring (bicyclic) bond motifs is 1. The van der Waals surface area contributed by atoms with Crippen LogP contribution in [0.15, 0.2) is 71.1 Å². The number of hydrogen-bond donors (Lipinski definition) is 2. The van der Waals surface area contributed by atoms with Crippen LogP contribution in [-0.4, -0.2) is 23.1 Å². The molecule has 0 fully saturated rings. The van der Waals surface area contributed by atoms with Crippen LogP contribution in [0.5, 0.6) is 5.75 Å². The van der Waals surface area contributed by atoms with E-state index in [0.717, 1.165) is 9.13 Å². The van der Waals surface area contributed by atoms with Gasteiger partial charge in [0.1, 0.15) is 11.3 Å². The van der Waals surface area contributed by atoms with E-state index in [1.807, 2.05) is 42.5 Å². The monoisotopic (exact) mass is 529 g/mol. The molecule has 0 aliphatic heterocycles. The molecule has 8 heteroatoms. The summed E-state index contributed by atoms with van der Waals surface area (Å²) in [5.41, 5.74) is 3.35. The molecule has 0 radical (unpaired) electrons. The van der Waals surface area contributed by atoms with Gasteiger partial charge in [0.05, 0.1) is 12.7 Å². The fraction of sp³-hybridized carbons (Fsp3) is 0.0455. The summed E-state index contributed by atoms with van der Waals surface area (Å²) in [5, 5.41) is 5.84. The van der Waals surface area contributed by atoms with Gasteiger partial charge in [0.25, 0.3) is 5.91 Å². The van der Waals surface area contributed by atoms with Gasteiger partial charge in [-0.3, -0.25) is 10.1 Å².